The van der Waals surface area contributed by atoms with Crippen molar-refractivity contribution in [3.8, 4) is 10.4 Å². The highest BCUT2D eigenvalue weighted by molar-refractivity contribution is 7.89. The maximum Gasteiger partial charge on any atom is 0.246 e. The number of carbonyl (C=O) groups is 3. The van der Waals surface area contributed by atoms with Crippen LogP contribution in [0.15, 0.2) is 89.4 Å². The van der Waals surface area contributed by atoms with E-state index in [4.69, 9.17) is 0 Å². The van der Waals surface area contributed by atoms with Gasteiger partial charge in [0.25, 0.3) is 0 Å². The molecule has 0 radical (unpaired) electrons. The minimum absolute atomic E-state index is 0.0254. The van der Waals surface area contributed by atoms with Gasteiger partial charge in [0.05, 0.1) is 33.1 Å². The molecule has 2 aliphatic rings. The van der Waals surface area contributed by atoms with Crippen molar-refractivity contribution in [1.82, 2.24) is 40.1 Å². The Bertz CT molecular complexity index is 2820. The summed E-state index contributed by atoms with van der Waals surface area (Å²) >= 11 is 1.58. The quantitative estimate of drug-likeness (QED) is 0.0406. The molecule has 398 valence electrons. The van der Waals surface area contributed by atoms with Gasteiger partial charge in [0.1, 0.15) is 17.9 Å². The van der Waals surface area contributed by atoms with Crippen LogP contribution in [-0.4, -0.2) is 119 Å². The van der Waals surface area contributed by atoms with Crippen LogP contribution < -0.4 is 30.9 Å². The number of rotatable bonds is 20. The van der Waals surface area contributed by atoms with Crippen LogP contribution in [0, 0.1) is 19.3 Å². The lowest BCUT2D eigenvalue weighted by Gasteiger charge is -2.36. The summed E-state index contributed by atoms with van der Waals surface area (Å²) in [5.41, 5.74) is 6.91. The zero-order chi connectivity index (χ0) is 53.4. The van der Waals surface area contributed by atoms with E-state index in [-0.39, 0.29) is 41.6 Å². The van der Waals surface area contributed by atoms with Crippen LogP contribution in [0.5, 0.6) is 0 Å². The van der Waals surface area contributed by atoms with Gasteiger partial charge in [-0.05, 0) is 120 Å². The Kier molecular flexibility index (Phi) is 18.2. The van der Waals surface area contributed by atoms with Crippen LogP contribution in [0.4, 0.5) is 28.8 Å². The van der Waals surface area contributed by atoms with Crippen LogP contribution >= 0.6 is 11.3 Å². The molecule has 0 spiro atoms. The first-order valence-electron chi connectivity index (χ1n) is 25.7. The Balaban J connectivity index is 0.806. The predicted octanol–water partition coefficient (Wildman–Crippen LogP) is 8.22. The van der Waals surface area contributed by atoms with Gasteiger partial charge in [-0.25, -0.2) is 23.1 Å². The Hall–Kier alpha value is -5.99. The molecule has 2 aliphatic heterocycles. The molecule has 19 heteroatoms. The molecule has 0 unspecified atom stereocenters. The normalized spacial score (nSPS) is 17.4. The van der Waals surface area contributed by atoms with E-state index in [2.05, 4.69) is 62.9 Å². The number of carbonyl (C=O) groups excluding carboxylic acids is 3. The largest absolute Gasteiger partial charge is 0.391 e. The lowest BCUT2D eigenvalue weighted by molar-refractivity contribution is -0.144. The van der Waals surface area contributed by atoms with Crippen molar-refractivity contribution in [3.63, 3.8) is 0 Å². The molecule has 0 saturated carbocycles. The summed E-state index contributed by atoms with van der Waals surface area (Å²) in [6, 6.07) is 20.8. The van der Waals surface area contributed by atoms with Crippen LogP contribution in [0.25, 0.3) is 10.4 Å². The molecule has 0 bridgehead atoms. The molecule has 2 aromatic heterocycles. The molecule has 3 amide bonds. The minimum atomic E-state index is -3.71. The van der Waals surface area contributed by atoms with E-state index in [9.17, 15) is 27.9 Å². The van der Waals surface area contributed by atoms with Crippen LogP contribution in [0.3, 0.4) is 0 Å². The van der Waals surface area contributed by atoms with Crippen LogP contribution in [0.1, 0.15) is 110 Å². The lowest BCUT2D eigenvalue weighted by Crippen LogP contribution is -2.57. The van der Waals surface area contributed by atoms with Crippen molar-refractivity contribution in [2.45, 2.75) is 136 Å². The van der Waals surface area contributed by atoms with E-state index in [1.807, 2.05) is 83.5 Å². The van der Waals surface area contributed by atoms with Gasteiger partial charge in [-0.2, -0.15) is 4.98 Å². The zero-order valence-electron chi connectivity index (χ0n) is 44.4. The first kappa shape index (κ1) is 55.8. The number of likely N-dealkylation sites (tertiary alicyclic amines) is 1. The highest BCUT2D eigenvalue weighted by Gasteiger charge is 2.44. The molecule has 4 atom stereocenters. The van der Waals surface area contributed by atoms with E-state index in [1.54, 1.807) is 62.6 Å². The number of thiazole rings is 1. The summed E-state index contributed by atoms with van der Waals surface area (Å²) in [4.78, 5) is 62.3. The molecule has 3 aromatic carbocycles. The number of anilines is 5. The molecule has 7 rings (SSSR count). The van der Waals surface area contributed by atoms with E-state index in [1.165, 1.54) is 4.90 Å². The number of aliphatic hydroxyl groups is 1. The first-order chi connectivity index (χ1) is 35.0. The zero-order valence-corrected chi connectivity index (χ0v) is 46.0. The van der Waals surface area contributed by atoms with Crippen molar-refractivity contribution in [2.75, 3.05) is 54.8 Å². The summed E-state index contributed by atoms with van der Waals surface area (Å²) in [6.45, 7) is 21.6. The van der Waals surface area contributed by atoms with Gasteiger partial charge >= 0.3 is 0 Å². The van der Waals surface area contributed by atoms with Gasteiger partial charge in [0.15, 0.2) is 0 Å². The number of amides is 3. The molecule has 2 saturated heterocycles. The number of β-amino-alcohol motifs (C(OH)–C–C–N with tert-alkyl or cyclic N) is 1. The average Bonchev–Trinajstić information content (AvgIpc) is 3.97. The van der Waals surface area contributed by atoms with Gasteiger partial charge in [-0.3, -0.25) is 19.3 Å². The van der Waals surface area contributed by atoms with Gasteiger partial charge < -0.3 is 36.2 Å². The molecule has 0 aliphatic carbocycles. The van der Waals surface area contributed by atoms with E-state index in [0.29, 0.717) is 30.3 Å². The summed E-state index contributed by atoms with van der Waals surface area (Å²) in [7, 11) is -3.71. The number of hydrogen-bond donors (Lipinski definition) is 6. The number of sulfonamides is 1. The maximum atomic E-state index is 14.2. The fourth-order valence-electron chi connectivity index (χ4n) is 9.31. The Labute approximate surface area is 441 Å². The molecule has 5 aromatic rings. The van der Waals surface area contributed by atoms with Crippen LogP contribution in [-0.2, 0) is 24.4 Å². The number of aliphatic hydroxyl groups excluding tert-OH is 1. The summed E-state index contributed by atoms with van der Waals surface area (Å²) in [6.07, 6.45) is 4.94. The Morgan fingerprint density at radius 3 is 2.20 bits per heavy atom. The van der Waals surface area contributed by atoms with Gasteiger partial charge in [0.2, 0.25) is 33.7 Å². The first-order valence-corrected chi connectivity index (χ1v) is 28.1. The fourth-order valence-corrected chi connectivity index (χ4v) is 11.6. The van der Waals surface area contributed by atoms with Crippen LogP contribution in [0.2, 0.25) is 0 Å². The maximum absolute atomic E-state index is 14.2. The highest BCUT2D eigenvalue weighted by atomic mass is 32.2. The number of hydrogen-bond acceptors (Lipinski definition) is 14. The second-order valence-corrected chi connectivity index (χ2v) is 24.3. The minimum Gasteiger partial charge on any atom is -0.391 e. The topological polar surface area (TPSA) is 214 Å². The van der Waals surface area contributed by atoms with Crippen molar-refractivity contribution in [3.05, 3.63) is 101 Å². The van der Waals surface area contributed by atoms with Crippen molar-refractivity contribution in [1.29, 1.82) is 0 Å². The number of piperazine rings is 1. The molecular formula is C55H75N11O6S2. The Morgan fingerprint density at radius 2 is 1.54 bits per heavy atom. The average molecular weight is 1050 g/mol. The van der Waals surface area contributed by atoms with Gasteiger partial charge in [0, 0.05) is 79.9 Å². The lowest BCUT2D eigenvalue weighted by atomic mass is 9.85. The number of aryl methyl sites for hydroxylation is 2. The van der Waals surface area contributed by atoms with Gasteiger partial charge in [-0.15, -0.1) is 11.3 Å². The molecular weight excluding hydrogens is 975 g/mol. The monoisotopic (exact) mass is 1050 g/mol. The van der Waals surface area contributed by atoms with Crippen molar-refractivity contribution in [2.24, 2.45) is 5.41 Å². The summed E-state index contributed by atoms with van der Waals surface area (Å²) < 4.78 is 28.6. The highest BCUT2D eigenvalue weighted by Crippen LogP contribution is 2.31. The number of aromatic nitrogens is 3. The third kappa shape index (κ3) is 15.1. The number of nitrogens with one attached hydrogen (secondary N) is 5. The van der Waals surface area contributed by atoms with E-state index in [0.717, 1.165) is 90.6 Å². The van der Waals surface area contributed by atoms with Crippen molar-refractivity contribution >= 4 is 67.9 Å². The number of unbranched alkanes of at least 4 members (excludes halogenated alkanes) is 3. The number of nitrogens with zero attached hydrogens (tertiary/aromatic N) is 6. The van der Waals surface area contributed by atoms with E-state index < -0.39 is 39.2 Å². The smallest absolute Gasteiger partial charge is 0.246 e. The number of benzene rings is 3. The fraction of sp³-hybridized carbons (Fsp3) is 0.491. The second kappa shape index (κ2) is 24.1. The molecule has 74 heavy (non-hydrogen) atoms. The second-order valence-electron chi connectivity index (χ2n) is 21.8. The summed E-state index contributed by atoms with van der Waals surface area (Å²) in [5, 5.41) is 23.3. The third-order valence-electron chi connectivity index (χ3n) is 13.4. The standard InChI is InChI=1S/C55H75N11O6S2/c1-36-33-56-53(62-50(36)59-42-15-14-16-45(31-42)74(71,72)63-55(7,8)9)60-41-22-24-43(25-23-41)65-29-27-64(28-30-65)26-13-11-10-12-17-47(68)61-49(54(4,5)6)52(70)66-34-44(67)32-46(66)51(69)58-37(2)39-18-20-40(21-19-39)48-38(3)57-35-73-48/h14-16,18-25,31,33,35,37,44,46,49,63,67H,10-13,17,26-30,32,34H2,1-9H3,(H,58,69)(H,61,68)(H2,56,59,60,62)/t37-,44+,46-,49+/m0/s1. The Morgan fingerprint density at radius 1 is 0.838 bits per heavy atom. The predicted molar refractivity (Wildman–Crippen MR) is 294 cm³/mol. The SMILES string of the molecule is Cc1cnc(Nc2ccc(N3CCN(CCCCCCC(=O)N[C@H](C(=O)N4C[C@H](O)C[C@H]4C(=O)N[C@@H](C)c4ccc(-c5scnc5C)cc4)C(C)(C)C)CC3)cc2)nc1Nc1cccc(S(=O)(=O)NC(C)(C)C)c1. The molecule has 2 fully saturated rings. The van der Waals surface area contributed by atoms with Crippen molar-refractivity contribution < 1.29 is 27.9 Å². The molecule has 4 heterocycles. The van der Waals surface area contributed by atoms with E-state index >= 15 is 0 Å². The molecule has 17 nitrogen and oxygen atoms in total. The third-order valence-corrected chi connectivity index (χ3v) is 16.1. The summed E-state index contributed by atoms with van der Waals surface area (Å²) in [5.74, 6) is 0.0768. The molecule has 6 N–H and O–H groups in total. The van der Waals surface area contributed by atoms with Gasteiger partial charge in [-0.1, -0.05) is 63.9 Å².